The highest BCUT2D eigenvalue weighted by Gasteiger charge is 2.42. The van der Waals surface area contributed by atoms with E-state index >= 15 is 0 Å². The number of benzene rings is 7. The maximum atomic E-state index is 12.2. The maximum absolute atomic E-state index is 12.2. The van der Waals surface area contributed by atoms with Gasteiger partial charge in [-0.1, -0.05) is 170 Å². The molecule has 0 unspecified atom stereocenters. The molecular formula is C44H30O. The third kappa shape index (κ3) is 3.91. The van der Waals surface area contributed by atoms with Crippen LogP contribution in [0.25, 0.3) is 44.5 Å². The lowest BCUT2D eigenvalue weighted by Crippen LogP contribution is -2.26. The first-order valence-corrected chi connectivity index (χ1v) is 15.6. The van der Waals surface area contributed by atoms with Crippen LogP contribution in [0.15, 0.2) is 170 Å². The number of hydrogen-bond acceptors (Lipinski definition) is 1. The van der Waals surface area contributed by atoms with Crippen molar-refractivity contribution >= 4 is 0 Å². The van der Waals surface area contributed by atoms with Crippen LogP contribution in [0.2, 0.25) is 0 Å². The standard InChI is InChI=1S/C44H30O/c45-44(41-15-7-5-11-37(41)38-12-6-8-16-42(38)44)34-27-25-32(26-28-34)30-19-17-29(18-20-30)31-21-23-33(24-22-31)43-39-13-3-1-9-35(39)36-10-2-4-14-40(36)43/h1-28,43,45H. The van der Waals surface area contributed by atoms with Gasteiger partial charge in [0.05, 0.1) is 0 Å². The summed E-state index contributed by atoms with van der Waals surface area (Å²) in [4.78, 5) is 0. The zero-order valence-electron chi connectivity index (χ0n) is 24.7. The molecule has 7 aromatic carbocycles. The summed E-state index contributed by atoms with van der Waals surface area (Å²) >= 11 is 0. The van der Waals surface area contributed by atoms with Gasteiger partial charge in [0.1, 0.15) is 5.60 Å². The van der Waals surface area contributed by atoms with Crippen molar-refractivity contribution in [3.05, 3.63) is 203 Å². The molecule has 0 saturated carbocycles. The molecule has 0 saturated heterocycles. The Hall–Kier alpha value is -5.50. The summed E-state index contributed by atoms with van der Waals surface area (Å²) in [5.41, 5.74) is 15.3. The second kappa shape index (κ2) is 10.0. The van der Waals surface area contributed by atoms with Crippen LogP contribution in [0.1, 0.15) is 39.3 Å². The highest BCUT2D eigenvalue weighted by atomic mass is 16.3. The third-order valence-corrected chi connectivity index (χ3v) is 9.86. The first kappa shape index (κ1) is 25.9. The molecule has 0 spiro atoms. The number of hydrogen-bond donors (Lipinski definition) is 1. The first-order valence-electron chi connectivity index (χ1n) is 15.6. The number of rotatable bonds is 4. The minimum atomic E-state index is -1.16. The van der Waals surface area contributed by atoms with Crippen molar-refractivity contribution in [1.29, 1.82) is 0 Å². The summed E-state index contributed by atoms with van der Waals surface area (Å²) in [5, 5.41) is 12.2. The van der Waals surface area contributed by atoms with Crippen molar-refractivity contribution in [3.63, 3.8) is 0 Å². The van der Waals surface area contributed by atoms with Gasteiger partial charge in [0.2, 0.25) is 0 Å². The SMILES string of the molecule is OC1(c2ccc(-c3ccc(-c4ccc(C5c6ccccc6-c6ccccc65)cc4)cc3)cc2)c2ccccc2-c2ccccc21. The molecule has 0 bridgehead atoms. The van der Waals surface area contributed by atoms with Crippen LogP contribution in [0.4, 0.5) is 0 Å². The van der Waals surface area contributed by atoms with E-state index in [0.717, 1.165) is 38.9 Å². The highest BCUT2D eigenvalue weighted by molar-refractivity contribution is 5.83. The summed E-state index contributed by atoms with van der Waals surface area (Å²) in [6.45, 7) is 0. The second-order valence-corrected chi connectivity index (χ2v) is 12.2. The van der Waals surface area contributed by atoms with Gasteiger partial charge < -0.3 is 5.11 Å². The summed E-state index contributed by atoms with van der Waals surface area (Å²) in [6, 6.07) is 60.2. The molecular weight excluding hydrogens is 544 g/mol. The quantitative estimate of drug-likeness (QED) is 0.222. The van der Waals surface area contributed by atoms with E-state index in [9.17, 15) is 5.11 Å². The van der Waals surface area contributed by atoms with Crippen molar-refractivity contribution in [2.45, 2.75) is 11.5 Å². The summed E-state index contributed by atoms with van der Waals surface area (Å²) < 4.78 is 0. The van der Waals surface area contributed by atoms with Crippen molar-refractivity contribution in [2.24, 2.45) is 0 Å². The normalized spacial score (nSPS) is 14.0. The van der Waals surface area contributed by atoms with E-state index < -0.39 is 5.60 Å². The van der Waals surface area contributed by atoms with E-state index in [1.165, 1.54) is 38.9 Å². The monoisotopic (exact) mass is 574 g/mol. The second-order valence-electron chi connectivity index (χ2n) is 12.2. The Morgan fingerprint density at radius 2 is 0.711 bits per heavy atom. The van der Waals surface area contributed by atoms with Crippen LogP contribution in [-0.4, -0.2) is 5.11 Å². The molecule has 2 aliphatic rings. The molecule has 2 aliphatic carbocycles. The lowest BCUT2D eigenvalue weighted by atomic mass is 9.83. The van der Waals surface area contributed by atoms with Crippen LogP contribution in [0.3, 0.4) is 0 Å². The number of fused-ring (bicyclic) bond motifs is 6. The average Bonchev–Trinajstić information content (AvgIpc) is 3.59. The van der Waals surface area contributed by atoms with E-state index in [1.807, 2.05) is 36.4 Å². The minimum absolute atomic E-state index is 0.265. The van der Waals surface area contributed by atoms with Crippen LogP contribution in [0, 0.1) is 0 Å². The maximum Gasteiger partial charge on any atom is 0.141 e. The van der Waals surface area contributed by atoms with E-state index in [1.54, 1.807) is 0 Å². The highest BCUT2D eigenvalue weighted by Crippen LogP contribution is 2.51. The van der Waals surface area contributed by atoms with Gasteiger partial charge in [-0.15, -0.1) is 0 Å². The van der Waals surface area contributed by atoms with Crippen LogP contribution in [-0.2, 0) is 5.60 Å². The topological polar surface area (TPSA) is 20.2 Å². The van der Waals surface area contributed by atoms with Gasteiger partial charge in [0.25, 0.3) is 0 Å². The van der Waals surface area contributed by atoms with Crippen LogP contribution >= 0.6 is 0 Å². The van der Waals surface area contributed by atoms with Gasteiger partial charge >= 0.3 is 0 Å². The first-order chi connectivity index (χ1) is 22.2. The van der Waals surface area contributed by atoms with Gasteiger partial charge in [-0.25, -0.2) is 0 Å². The molecule has 212 valence electrons. The van der Waals surface area contributed by atoms with E-state index in [-0.39, 0.29) is 5.92 Å². The summed E-state index contributed by atoms with van der Waals surface area (Å²) in [5.74, 6) is 0.265. The number of aliphatic hydroxyl groups is 1. The molecule has 1 nitrogen and oxygen atoms in total. The zero-order valence-corrected chi connectivity index (χ0v) is 24.7. The lowest BCUT2D eigenvalue weighted by molar-refractivity contribution is 0.131. The van der Waals surface area contributed by atoms with E-state index in [2.05, 4.69) is 133 Å². The molecule has 45 heavy (non-hydrogen) atoms. The van der Waals surface area contributed by atoms with Crippen molar-refractivity contribution in [2.75, 3.05) is 0 Å². The Balaban J connectivity index is 0.989. The van der Waals surface area contributed by atoms with E-state index in [0.29, 0.717) is 0 Å². The average molecular weight is 575 g/mol. The lowest BCUT2D eigenvalue weighted by Gasteiger charge is -2.26. The minimum Gasteiger partial charge on any atom is -0.376 e. The Morgan fingerprint density at radius 3 is 1.18 bits per heavy atom. The Kier molecular flexibility index (Phi) is 5.78. The predicted octanol–water partition coefficient (Wildman–Crippen LogP) is 10.4. The zero-order chi connectivity index (χ0) is 30.0. The Morgan fingerprint density at radius 1 is 0.356 bits per heavy atom. The Labute approximate surface area is 263 Å². The van der Waals surface area contributed by atoms with Crippen LogP contribution in [0.5, 0.6) is 0 Å². The fourth-order valence-corrected chi connectivity index (χ4v) is 7.66. The van der Waals surface area contributed by atoms with Crippen LogP contribution < -0.4 is 0 Å². The molecule has 0 aromatic heterocycles. The fourth-order valence-electron chi connectivity index (χ4n) is 7.66. The molecule has 1 N–H and O–H groups in total. The smallest absolute Gasteiger partial charge is 0.141 e. The van der Waals surface area contributed by atoms with Gasteiger partial charge in [0.15, 0.2) is 0 Å². The molecule has 1 heteroatoms. The summed E-state index contributed by atoms with van der Waals surface area (Å²) in [7, 11) is 0. The van der Waals surface area contributed by atoms with E-state index in [4.69, 9.17) is 0 Å². The van der Waals surface area contributed by atoms with Crippen molar-refractivity contribution in [1.82, 2.24) is 0 Å². The van der Waals surface area contributed by atoms with Crippen molar-refractivity contribution < 1.29 is 5.11 Å². The molecule has 0 fully saturated rings. The summed E-state index contributed by atoms with van der Waals surface area (Å²) in [6.07, 6.45) is 0. The predicted molar refractivity (Wildman–Crippen MR) is 184 cm³/mol. The molecule has 9 rings (SSSR count). The van der Waals surface area contributed by atoms with Gasteiger partial charge in [-0.05, 0) is 66.8 Å². The molecule has 0 atom stereocenters. The van der Waals surface area contributed by atoms with Gasteiger partial charge in [0, 0.05) is 17.0 Å². The largest absolute Gasteiger partial charge is 0.376 e. The molecule has 0 heterocycles. The Bertz CT molecular complexity index is 2110. The fraction of sp³-hybridized carbons (Fsp3) is 0.0455. The van der Waals surface area contributed by atoms with Crippen molar-refractivity contribution in [3.8, 4) is 44.5 Å². The molecule has 0 amide bonds. The third-order valence-electron chi connectivity index (χ3n) is 9.86. The molecule has 0 aliphatic heterocycles. The molecule has 0 radical (unpaired) electrons. The van der Waals surface area contributed by atoms with Gasteiger partial charge in [-0.2, -0.15) is 0 Å². The van der Waals surface area contributed by atoms with Gasteiger partial charge in [-0.3, -0.25) is 0 Å². The molecule has 7 aromatic rings.